The van der Waals surface area contributed by atoms with Crippen LogP contribution in [0.15, 0.2) is 58.3 Å². The van der Waals surface area contributed by atoms with Gasteiger partial charge in [0.2, 0.25) is 10.0 Å². The van der Waals surface area contributed by atoms with Crippen molar-refractivity contribution in [3.8, 4) is 0 Å². The minimum atomic E-state index is -3.97. The second-order valence-corrected chi connectivity index (χ2v) is 10.3. The first-order valence-electron chi connectivity index (χ1n) is 8.42. The zero-order valence-electron chi connectivity index (χ0n) is 15.6. The van der Waals surface area contributed by atoms with Crippen LogP contribution in [0.4, 0.5) is 0 Å². The molecule has 0 fully saturated rings. The van der Waals surface area contributed by atoms with Crippen LogP contribution in [0.3, 0.4) is 0 Å². The van der Waals surface area contributed by atoms with Crippen molar-refractivity contribution in [3.63, 3.8) is 0 Å². The maximum Gasteiger partial charge on any atom is 0.338 e. The van der Waals surface area contributed by atoms with Crippen molar-refractivity contribution in [2.75, 3.05) is 27.2 Å². The smallest absolute Gasteiger partial charge is 0.338 e. The van der Waals surface area contributed by atoms with E-state index in [2.05, 4.69) is 0 Å². The minimum Gasteiger partial charge on any atom is -0.460 e. The monoisotopic (exact) mass is 438 g/mol. The fourth-order valence-corrected chi connectivity index (χ4v) is 5.19. The lowest BCUT2D eigenvalue weighted by atomic mass is 10.2. The van der Waals surface area contributed by atoms with Gasteiger partial charge in [-0.25, -0.2) is 30.2 Å². The maximum absolute atomic E-state index is 12.4. The first kappa shape index (κ1) is 21.0. The predicted molar refractivity (Wildman–Crippen MR) is 102 cm³/mol. The van der Waals surface area contributed by atoms with E-state index in [9.17, 15) is 26.4 Å². The number of benzene rings is 2. The van der Waals surface area contributed by atoms with Gasteiger partial charge in [-0.3, -0.25) is 4.79 Å². The Kier molecular flexibility index (Phi) is 5.48. The predicted octanol–water partition coefficient (Wildman–Crippen LogP) is 0.938. The molecule has 0 atom stereocenters. The van der Waals surface area contributed by atoms with Gasteiger partial charge in [0.05, 0.1) is 22.6 Å². The highest BCUT2D eigenvalue weighted by Gasteiger charge is 2.40. The Morgan fingerprint density at radius 3 is 2.28 bits per heavy atom. The summed E-state index contributed by atoms with van der Waals surface area (Å²) in [5.74, 6) is -1.43. The summed E-state index contributed by atoms with van der Waals surface area (Å²) in [5.41, 5.74) is 0.179. The third-order valence-corrected chi connectivity index (χ3v) is 7.98. The van der Waals surface area contributed by atoms with E-state index in [-0.39, 0.29) is 34.1 Å². The van der Waals surface area contributed by atoms with Gasteiger partial charge in [0.15, 0.2) is 0 Å². The van der Waals surface area contributed by atoms with E-state index in [0.29, 0.717) is 4.31 Å². The van der Waals surface area contributed by atoms with Crippen LogP contribution in [-0.2, 0) is 24.8 Å². The van der Waals surface area contributed by atoms with E-state index in [1.54, 1.807) is 6.07 Å². The van der Waals surface area contributed by atoms with E-state index in [1.807, 2.05) is 0 Å². The highest BCUT2D eigenvalue weighted by molar-refractivity contribution is 7.90. The third-order valence-electron chi connectivity index (χ3n) is 4.31. The van der Waals surface area contributed by atoms with Gasteiger partial charge in [-0.1, -0.05) is 12.1 Å². The highest BCUT2D eigenvalue weighted by atomic mass is 32.2. The van der Waals surface area contributed by atoms with Crippen molar-refractivity contribution >= 4 is 31.9 Å². The summed E-state index contributed by atoms with van der Waals surface area (Å²) in [7, 11) is -4.80. The quantitative estimate of drug-likeness (QED) is 0.616. The molecule has 0 spiro atoms. The van der Waals surface area contributed by atoms with Crippen molar-refractivity contribution in [3.05, 3.63) is 59.7 Å². The molecule has 9 nitrogen and oxygen atoms in total. The second kappa shape index (κ2) is 7.58. The SMILES string of the molecule is CN(C)S(=O)(=O)c1ccc(C(=O)OCCN2C(=O)c3ccccc3S2(=O)=O)cc1. The Bertz CT molecular complexity index is 1170. The Morgan fingerprint density at radius 2 is 1.69 bits per heavy atom. The lowest BCUT2D eigenvalue weighted by molar-refractivity contribution is 0.0477. The number of nitrogens with zero attached hydrogens (tertiary/aromatic N) is 2. The average molecular weight is 438 g/mol. The van der Waals surface area contributed by atoms with Crippen LogP contribution in [0.5, 0.6) is 0 Å². The van der Waals surface area contributed by atoms with Crippen molar-refractivity contribution < 1.29 is 31.2 Å². The van der Waals surface area contributed by atoms with E-state index < -0.39 is 31.9 Å². The second-order valence-electron chi connectivity index (χ2n) is 6.33. The number of amides is 1. The molecule has 0 aliphatic carbocycles. The van der Waals surface area contributed by atoms with Gasteiger partial charge < -0.3 is 4.74 Å². The van der Waals surface area contributed by atoms with Gasteiger partial charge in [-0.2, -0.15) is 0 Å². The highest BCUT2D eigenvalue weighted by Crippen LogP contribution is 2.29. The summed E-state index contributed by atoms with van der Waals surface area (Å²) in [6.07, 6.45) is 0. The van der Waals surface area contributed by atoms with Crippen molar-refractivity contribution in [1.82, 2.24) is 8.61 Å². The molecular formula is C18H18N2O7S2. The zero-order chi connectivity index (χ0) is 21.4. The zero-order valence-corrected chi connectivity index (χ0v) is 17.2. The molecule has 0 radical (unpaired) electrons. The van der Waals surface area contributed by atoms with Crippen LogP contribution in [0.25, 0.3) is 0 Å². The number of carbonyl (C=O) groups excluding carboxylic acids is 2. The molecule has 2 aromatic rings. The number of hydrogen-bond acceptors (Lipinski definition) is 7. The molecule has 0 N–H and O–H groups in total. The van der Waals surface area contributed by atoms with Crippen molar-refractivity contribution in [2.24, 2.45) is 0 Å². The minimum absolute atomic E-state index is 0.0190. The molecule has 0 saturated carbocycles. The molecule has 0 unspecified atom stereocenters. The molecular weight excluding hydrogens is 420 g/mol. The van der Waals surface area contributed by atoms with E-state index >= 15 is 0 Å². The molecule has 1 heterocycles. The van der Waals surface area contributed by atoms with Crippen LogP contribution in [0.2, 0.25) is 0 Å². The van der Waals surface area contributed by atoms with E-state index in [1.165, 1.54) is 56.6 Å². The fraction of sp³-hybridized carbons (Fsp3) is 0.222. The molecule has 29 heavy (non-hydrogen) atoms. The molecule has 1 aliphatic rings. The summed E-state index contributed by atoms with van der Waals surface area (Å²) in [4.78, 5) is 24.4. The molecule has 11 heteroatoms. The molecule has 0 aromatic heterocycles. The number of sulfonamides is 2. The number of esters is 1. The van der Waals surface area contributed by atoms with Crippen molar-refractivity contribution in [2.45, 2.75) is 9.79 Å². The Morgan fingerprint density at radius 1 is 1.07 bits per heavy atom. The molecule has 2 aromatic carbocycles. The molecule has 3 rings (SSSR count). The molecule has 0 bridgehead atoms. The molecule has 154 valence electrons. The van der Waals surface area contributed by atoms with Crippen LogP contribution in [0.1, 0.15) is 20.7 Å². The van der Waals surface area contributed by atoms with Gasteiger partial charge in [0, 0.05) is 14.1 Å². The number of carbonyl (C=O) groups is 2. The average Bonchev–Trinajstić information content (AvgIpc) is 2.88. The lowest BCUT2D eigenvalue weighted by Gasteiger charge is -2.15. The maximum atomic E-state index is 12.4. The summed E-state index contributed by atoms with van der Waals surface area (Å²) >= 11 is 0. The Hall–Kier alpha value is -2.76. The normalized spacial score (nSPS) is 15.4. The van der Waals surface area contributed by atoms with E-state index in [4.69, 9.17) is 4.74 Å². The summed E-state index contributed by atoms with van der Waals surface area (Å²) in [5, 5.41) is 0. The number of hydrogen-bond donors (Lipinski definition) is 0. The lowest BCUT2D eigenvalue weighted by Crippen LogP contribution is -2.33. The molecule has 0 saturated heterocycles. The largest absolute Gasteiger partial charge is 0.460 e. The first-order valence-corrected chi connectivity index (χ1v) is 11.3. The summed E-state index contributed by atoms with van der Waals surface area (Å²) < 4.78 is 55.7. The first-order chi connectivity index (χ1) is 13.6. The van der Waals surface area contributed by atoms with Crippen LogP contribution in [0, 0.1) is 0 Å². The van der Waals surface area contributed by atoms with Gasteiger partial charge in [-0.05, 0) is 36.4 Å². The number of fused-ring (bicyclic) bond motifs is 1. The third kappa shape index (κ3) is 3.76. The number of ether oxygens (including phenoxy) is 1. The fourth-order valence-electron chi connectivity index (χ4n) is 2.73. The van der Waals surface area contributed by atoms with Crippen LogP contribution < -0.4 is 0 Å². The molecule has 1 aliphatic heterocycles. The van der Waals surface area contributed by atoms with Crippen LogP contribution in [-0.4, -0.2) is 64.6 Å². The van der Waals surface area contributed by atoms with Crippen LogP contribution >= 0.6 is 0 Å². The van der Waals surface area contributed by atoms with Gasteiger partial charge in [0.1, 0.15) is 11.5 Å². The molecule has 1 amide bonds. The Labute approximate surface area is 168 Å². The summed E-state index contributed by atoms with van der Waals surface area (Å²) in [6.45, 7) is -0.662. The Balaban J connectivity index is 1.65. The van der Waals surface area contributed by atoms with Gasteiger partial charge in [-0.15, -0.1) is 0 Å². The van der Waals surface area contributed by atoms with Crippen molar-refractivity contribution in [1.29, 1.82) is 0 Å². The van der Waals surface area contributed by atoms with E-state index in [0.717, 1.165) is 4.31 Å². The standard InChI is InChI=1S/C18H18N2O7S2/c1-19(2)28(23,24)14-9-7-13(8-10-14)18(22)27-12-11-20-17(21)15-5-3-4-6-16(15)29(20,25)26/h3-10H,11-12H2,1-2H3. The summed E-state index contributed by atoms with van der Waals surface area (Å²) in [6, 6.07) is 11.0. The topological polar surface area (TPSA) is 118 Å². The number of rotatable bonds is 6. The van der Waals surface area contributed by atoms with Gasteiger partial charge in [0.25, 0.3) is 15.9 Å². The van der Waals surface area contributed by atoms with Gasteiger partial charge >= 0.3 is 5.97 Å².